The second-order valence-corrected chi connectivity index (χ2v) is 7.14. The first-order valence-electron chi connectivity index (χ1n) is 8.41. The molecule has 0 spiro atoms. The molecule has 6 nitrogen and oxygen atoms in total. The van der Waals surface area contributed by atoms with Crippen LogP contribution in [0.5, 0.6) is 11.5 Å². The lowest BCUT2D eigenvalue weighted by Crippen LogP contribution is -2.39. The van der Waals surface area contributed by atoms with Gasteiger partial charge in [-0.3, -0.25) is 4.99 Å². The molecule has 1 aromatic heterocycles. The molecule has 1 aliphatic heterocycles. The van der Waals surface area contributed by atoms with Gasteiger partial charge in [-0.1, -0.05) is 6.07 Å². The summed E-state index contributed by atoms with van der Waals surface area (Å²) in [5, 5.41) is 7.83. The number of guanidine groups is 1. The van der Waals surface area contributed by atoms with Crippen molar-refractivity contribution < 1.29 is 9.47 Å². The number of aromatic nitrogens is 1. The van der Waals surface area contributed by atoms with Gasteiger partial charge < -0.3 is 20.1 Å². The van der Waals surface area contributed by atoms with Gasteiger partial charge in [0.2, 0.25) is 6.79 Å². The number of hydrogen-bond acceptors (Lipinski definition) is 5. The minimum absolute atomic E-state index is 0.312. The van der Waals surface area contributed by atoms with Gasteiger partial charge >= 0.3 is 0 Å². The van der Waals surface area contributed by atoms with Gasteiger partial charge in [-0.05, 0) is 38.0 Å². The summed E-state index contributed by atoms with van der Waals surface area (Å²) < 4.78 is 10.7. The van der Waals surface area contributed by atoms with Crippen LogP contribution >= 0.6 is 11.3 Å². The molecular weight excluding hydrogens is 336 g/mol. The molecule has 2 aromatic rings. The number of hydrogen-bond donors (Lipinski definition) is 2. The first-order chi connectivity index (χ1) is 12.2. The highest BCUT2D eigenvalue weighted by molar-refractivity contribution is 7.11. The van der Waals surface area contributed by atoms with Crippen LogP contribution in [0.2, 0.25) is 0 Å². The second kappa shape index (κ2) is 8.20. The predicted octanol–water partition coefficient (Wildman–Crippen LogP) is 2.44. The molecule has 1 aromatic carbocycles. The Balaban J connectivity index is 1.41. The minimum Gasteiger partial charge on any atom is -0.454 e. The lowest BCUT2D eigenvalue weighted by Gasteiger charge is -2.12. The van der Waals surface area contributed by atoms with E-state index in [1.165, 1.54) is 10.4 Å². The Morgan fingerprint density at radius 2 is 1.92 bits per heavy atom. The summed E-state index contributed by atoms with van der Waals surface area (Å²) >= 11 is 1.76. The fraction of sp³-hybridized carbons (Fsp3) is 0.444. The van der Waals surface area contributed by atoms with Crippen molar-refractivity contribution in [3.8, 4) is 11.5 Å². The van der Waals surface area contributed by atoms with Crippen LogP contribution in [0, 0.1) is 13.8 Å². The fourth-order valence-corrected chi connectivity index (χ4v) is 3.68. The Hall–Kier alpha value is -2.28. The largest absolute Gasteiger partial charge is 0.454 e. The lowest BCUT2D eigenvalue weighted by atomic mass is 10.1. The maximum atomic E-state index is 5.41. The molecule has 2 N–H and O–H groups in total. The third-order valence-corrected chi connectivity index (χ3v) is 5.14. The maximum absolute atomic E-state index is 5.41. The maximum Gasteiger partial charge on any atom is 0.231 e. The van der Waals surface area contributed by atoms with Gasteiger partial charge in [-0.15, -0.1) is 11.3 Å². The van der Waals surface area contributed by atoms with Crippen molar-refractivity contribution in [1.29, 1.82) is 0 Å². The topological polar surface area (TPSA) is 67.8 Å². The van der Waals surface area contributed by atoms with Crippen LogP contribution in [0.4, 0.5) is 0 Å². The van der Waals surface area contributed by atoms with E-state index in [1.54, 1.807) is 18.4 Å². The predicted molar refractivity (Wildman–Crippen MR) is 101 cm³/mol. The number of rotatable bonds is 6. The number of thiazole rings is 1. The Labute approximate surface area is 152 Å². The van der Waals surface area contributed by atoms with E-state index in [9.17, 15) is 0 Å². The third-order valence-electron chi connectivity index (χ3n) is 4.01. The van der Waals surface area contributed by atoms with Crippen LogP contribution in [0.1, 0.15) is 21.1 Å². The lowest BCUT2D eigenvalue weighted by molar-refractivity contribution is 0.174. The number of fused-ring (bicyclic) bond motifs is 1. The minimum atomic E-state index is 0.312. The van der Waals surface area contributed by atoms with Gasteiger partial charge in [-0.2, -0.15) is 0 Å². The first-order valence-corrected chi connectivity index (χ1v) is 9.23. The van der Waals surface area contributed by atoms with Crippen molar-refractivity contribution in [3.63, 3.8) is 0 Å². The van der Waals surface area contributed by atoms with E-state index in [-0.39, 0.29) is 0 Å². The van der Waals surface area contributed by atoms with E-state index < -0.39 is 0 Å². The van der Waals surface area contributed by atoms with Crippen molar-refractivity contribution in [1.82, 2.24) is 15.6 Å². The normalized spacial score (nSPS) is 13.2. The number of aryl methyl sites for hydroxylation is 2. The van der Waals surface area contributed by atoms with Crippen molar-refractivity contribution in [2.24, 2.45) is 4.99 Å². The quantitative estimate of drug-likeness (QED) is 0.612. The summed E-state index contributed by atoms with van der Waals surface area (Å²) in [6.45, 7) is 6.07. The number of ether oxygens (including phenoxy) is 2. The molecule has 0 bridgehead atoms. The van der Waals surface area contributed by atoms with Crippen molar-refractivity contribution in [2.75, 3.05) is 26.9 Å². The van der Waals surface area contributed by atoms with E-state index in [2.05, 4.69) is 33.6 Å². The van der Waals surface area contributed by atoms with Crippen molar-refractivity contribution in [2.45, 2.75) is 26.7 Å². The van der Waals surface area contributed by atoms with Crippen molar-refractivity contribution >= 4 is 17.3 Å². The first kappa shape index (κ1) is 17.5. The van der Waals surface area contributed by atoms with Gasteiger partial charge in [-0.25, -0.2) is 4.98 Å². The molecule has 2 heterocycles. The Morgan fingerprint density at radius 3 is 2.64 bits per heavy atom. The molecule has 134 valence electrons. The van der Waals surface area contributed by atoms with E-state index in [4.69, 9.17) is 9.47 Å². The summed E-state index contributed by atoms with van der Waals surface area (Å²) in [7, 11) is 1.79. The van der Waals surface area contributed by atoms with Crippen LogP contribution in [0.15, 0.2) is 23.2 Å². The highest BCUT2D eigenvalue weighted by Crippen LogP contribution is 2.32. The van der Waals surface area contributed by atoms with Gasteiger partial charge in [0.25, 0.3) is 0 Å². The summed E-state index contributed by atoms with van der Waals surface area (Å²) in [6, 6.07) is 6.07. The molecule has 1 aliphatic rings. The second-order valence-electron chi connectivity index (χ2n) is 5.85. The van der Waals surface area contributed by atoms with Crippen LogP contribution in [0.3, 0.4) is 0 Å². The van der Waals surface area contributed by atoms with E-state index in [0.717, 1.165) is 54.1 Å². The molecule has 0 fully saturated rings. The fourth-order valence-electron chi connectivity index (χ4n) is 2.74. The molecule has 0 saturated carbocycles. The zero-order chi connectivity index (χ0) is 17.6. The molecule has 0 amide bonds. The number of nitrogens with zero attached hydrogens (tertiary/aromatic N) is 2. The SMILES string of the molecule is CN=C(NCCc1ccc2c(c1)OCO2)NCCc1sc(C)nc1C. The number of nitrogens with one attached hydrogen (secondary N) is 2. The van der Waals surface area contributed by atoms with Crippen LogP contribution in [-0.4, -0.2) is 37.9 Å². The summed E-state index contributed by atoms with van der Waals surface area (Å²) in [4.78, 5) is 10.1. The summed E-state index contributed by atoms with van der Waals surface area (Å²) in [5.74, 6) is 2.47. The molecular formula is C18H24N4O2S. The Bertz CT molecular complexity index is 758. The number of aliphatic imine (C=N–C) groups is 1. The Morgan fingerprint density at radius 1 is 1.16 bits per heavy atom. The molecule has 7 heteroatoms. The molecule has 0 radical (unpaired) electrons. The van der Waals surface area contributed by atoms with E-state index in [1.807, 2.05) is 19.1 Å². The molecule has 0 saturated heterocycles. The molecule has 0 unspecified atom stereocenters. The highest BCUT2D eigenvalue weighted by atomic mass is 32.1. The van der Waals surface area contributed by atoms with Gasteiger partial charge in [0.15, 0.2) is 17.5 Å². The van der Waals surface area contributed by atoms with E-state index >= 15 is 0 Å². The number of benzene rings is 1. The van der Waals surface area contributed by atoms with Crippen LogP contribution < -0.4 is 20.1 Å². The monoisotopic (exact) mass is 360 g/mol. The standard InChI is InChI=1S/C18H24N4O2S/c1-12-17(25-13(2)22-12)7-9-21-18(19-3)20-8-6-14-4-5-15-16(10-14)24-11-23-15/h4-5,10H,6-9,11H2,1-3H3,(H2,19,20,21). The van der Waals surface area contributed by atoms with Crippen molar-refractivity contribution in [3.05, 3.63) is 39.3 Å². The third kappa shape index (κ3) is 4.63. The van der Waals surface area contributed by atoms with Crippen LogP contribution in [0.25, 0.3) is 0 Å². The zero-order valence-corrected chi connectivity index (χ0v) is 15.7. The zero-order valence-electron chi connectivity index (χ0n) is 14.9. The smallest absolute Gasteiger partial charge is 0.231 e. The molecule has 0 aliphatic carbocycles. The molecule has 0 atom stereocenters. The average molecular weight is 360 g/mol. The van der Waals surface area contributed by atoms with Crippen LogP contribution in [-0.2, 0) is 12.8 Å². The molecule has 3 rings (SSSR count). The summed E-state index contributed by atoms with van der Waals surface area (Å²) in [6.07, 6.45) is 1.85. The van der Waals surface area contributed by atoms with Gasteiger partial charge in [0, 0.05) is 31.4 Å². The molecule has 25 heavy (non-hydrogen) atoms. The summed E-state index contributed by atoms with van der Waals surface area (Å²) in [5.41, 5.74) is 2.35. The van der Waals surface area contributed by atoms with E-state index in [0.29, 0.717) is 6.79 Å². The van der Waals surface area contributed by atoms with Gasteiger partial charge in [0.1, 0.15) is 0 Å². The Kier molecular flexibility index (Phi) is 5.75. The average Bonchev–Trinajstić information content (AvgIpc) is 3.19. The van der Waals surface area contributed by atoms with Gasteiger partial charge in [0.05, 0.1) is 10.7 Å². The highest BCUT2D eigenvalue weighted by Gasteiger charge is 2.13.